The lowest BCUT2D eigenvalue weighted by molar-refractivity contribution is -0.136. The zero-order valence-corrected chi connectivity index (χ0v) is 11.9. The Kier molecular flexibility index (Phi) is 5.19. The molecule has 7 heteroatoms. The number of nitrogens with zero attached hydrogens (tertiary/aromatic N) is 1. The summed E-state index contributed by atoms with van der Waals surface area (Å²) >= 11 is 0. The van der Waals surface area contributed by atoms with Gasteiger partial charge in [0.25, 0.3) is 0 Å². The Morgan fingerprint density at radius 1 is 0.913 bits per heavy atom. The summed E-state index contributed by atoms with van der Waals surface area (Å²) in [6.45, 7) is 0. The van der Waals surface area contributed by atoms with E-state index in [0.717, 1.165) is 6.21 Å². The van der Waals surface area contributed by atoms with Gasteiger partial charge in [0.2, 0.25) is 0 Å². The van der Waals surface area contributed by atoms with Gasteiger partial charge in [0.15, 0.2) is 0 Å². The van der Waals surface area contributed by atoms with Crippen molar-refractivity contribution in [2.75, 3.05) is 5.32 Å². The van der Waals surface area contributed by atoms with E-state index < -0.39 is 17.8 Å². The van der Waals surface area contributed by atoms with Gasteiger partial charge in [0, 0.05) is 11.3 Å². The van der Waals surface area contributed by atoms with E-state index in [1.165, 1.54) is 12.1 Å². The minimum absolute atomic E-state index is 0.0410. The molecule has 7 nitrogen and oxygen atoms in total. The summed E-state index contributed by atoms with van der Waals surface area (Å²) in [4.78, 5) is 34.3. The second-order valence-electron chi connectivity index (χ2n) is 4.41. The second-order valence-corrected chi connectivity index (χ2v) is 4.41. The summed E-state index contributed by atoms with van der Waals surface area (Å²) in [5, 5.41) is 15.0. The van der Waals surface area contributed by atoms with Crippen LogP contribution in [0.15, 0.2) is 59.7 Å². The first kappa shape index (κ1) is 15.9. The van der Waals surface area contributed by atoms with Crippen molar-refractivity contribution in [3.8, 4) is 0 Å². The maximum absolute atomic E-state index is 11.6. The molecular formula is C16H13N3O4. The third-order valence-electron chi connectivity index (χ3n) is 2.80. The smallest absolute Gasteiger partial charge is 0.336 e. The summed E-state index contributed by atoms with van der Waals surface area (Å²) in [5.74, 6) is -2.95. The number of aromatic carboxylic acids is 1. The Morgan fingerprint density at radius 3 is 2.26 bits per heavy atom. The first-order valence-electron chi connectivity index (χ1n) is 6.59. The van der Waals surface area contributed by atoms with Gasteiger partial charge in [-0.2, -0.15) is 5.10 Å². The lowest BCUT2D eigenvalue weighted by Crippen LogP contribution is -2.32. The lowest BCUT2D eigenvalue weighted by atomic mass is 10.1. The summed E-state index contributed by atoms with van der Waals surface area (Å²) < 4.78 is 0. The number of para-hydroxylation sites is 1. The molecule has 0 bridgehead atoms. The quantitative estimate of drug-likeness (QED) is 0.451. The fourth-order valence-electron chi connectivity index (χ4n) is 1.72. The SMILES string of the molecule is O=C(N/N=C\c1ccccc1C(=O)O)C(=O)Nc1ccccc1. The molecular weight excluding hydrogens is 298 g/mol. The van der Waals surface area contributed by atoms with Crippen molar-refractivity contribution >= 4 is 29.7 Å². The number of hydrogen-bond donors (Lipinski definition) is 3. The molecule has 0 radical (unpaired) electrons. The van der Waals surface area contributed by atoms with E-state index in [4.69, 9.17) is 5.11 Å². The van der Waals surface area contributed by atoms with Crippen molar-refractivity contribution in [1.29, 1.82) is 0 Å². The molecule has 2 amide bonds. The Morgan fingerprint density at radius 2 is 1.57 bits per heavy atom. The normalized spacial score (nSPS) is 10.3. The molecule has 0 aliphatic rings. The largest absolute Gasteiger partial charge is 0.478 e. The van der Waals surface area contributed by atoms with E-state index in [0.29, 0.717) is 11.3 Å². The first-order valence-corrected chi connectivity index (χ1v) is 6.59. The van der Waals surface area contributed by atoms with E-state index in [-0.39, 0.29) is 5.56 Å². The van der Waals surface area contributed by atoms with E-state index in [1.807, 2.05) is 5.43 Å². The number of benzene rings is 2. The topological polar surface area (TPSA) is 108 Å². The fourth-order valence-corrected chi connectivity index (χ4v) is 1.72. The first-order chi connectivity index (χ1) is 11.1. The number of carboxylic acid groups (broad SMARTS) is 1. The van der Waals surface area contributed by atoms with Gasteiger partial charge >= 0.3 is 17.8 Å². The van der Waals surface area contributed by atoms with Gasteiger partial charge in [-0.15, -0.1) is 0 Å². The van der Waals surface area contributed by atoms with Crippen LogP contribution in [0.4, 0.5) is 5.69 Å². The highest BCUT2D eigenvalue weighted by Crippen LogP contribution is 2.06. The zero-order valence-electron chi connectivity index (χ0n) is 11.9. The van der Waals surface area contributed by atoms with Crippen LogP contribution in [-0.2, 0) is 9.59 Å². The number of anilines is 1. The molecule has 0 saturated heterocycles. The number of hydrogen-bond acceptors (Lipinski definition) is 4. The molecule has 0 fully saturated rings. The van der Waals surface area contributed by atoms with E-state index >= 15 is 0 Å². The van der Waals surface area contributed by atoms with Crippen LogP contribution in [0.2, 0.25) is 0 Å². The third kappa shape index (κ3) is 4.50. The molecule has 2 aromatic rings. The number of nitrogens with one attached hydrogen (secondary N) is 2. The molecule has 0 heterocycles. The van der Waals surface area contributed by atoms with Crippen molar-refractivity contribution in [3.05, 3.63) is 65.7 Å². The number of rotatable bonds is 4. The average molecular weight is 311 g/mol. The van der Waals surface area contributed by atoms with Gasteiger partial charge in [-0.1, -0.05) is 36.4 Å². The molecule has 116 valence electrons. The van der Waals surface area contributed by atoms with Gasteiger partial charge < -0.3 is 10.4 Å². The lowest BCUT2D eigenvalue weighted by Gasteiger charge is -2.03. The van der Waals surface area contributed by atoms with E-state index in [9.17, 15) is 14.4 Å². The third-order valence-corrected chi connectivity index (χ3v) is 2.80. The van der Waals surface area contributed by atoms with E-state index in [1.54, 1.807) is 42.5 Å². The van der Waals surface area contributed by atoms with Crippen LogP contribution < -0.4 is 10.7 Å². The second kappa shape index (κ2) is 7.51. The molecule has 0 aliphatic heterocycles. The van der Waals surface area contributed by atoms with Crippen molar-refractivity contribution in [3.63, 3.8) is 0 Å². The van der Waals surface area contributed by atoms with Crippen LogP contribution in [0.3, 0.4) is 0 Å². The fraction of sp³-hybridized carbons (Fsp3) is 0. The highest BCUT2D eigenvalue weighted by atomic mass is 16.4. The maximum atomic E-state index is 11.6. The summed E-state index contributed by atoms with van der Waals surface area (Å²) in [6.07, 6.45) is 1.16. The predicted molar refractivity (Wildman–Crippen MR) is 84.2 cm³/mol. The Balaban J connectivity index is 1.96. The van der Waals surface area contributed by atoms with Crippen molar-refractivity contribution in [2.45, 2.75) is 0 Å². The van der Waals surface area contributed by atoms with Crippen LogP contribution in [-0.4, -0.2) is 29.1 Å². The van der Waals surface area contributed by atoms with E-state index in [2.05, 4.69) is 10.4 Å². The molecule has 3 N–H and O–H groups in total. The minimum Gasteiger partial charge on any atom is -0.478 e. The molecule has 23 heavy (non-hydrogen) atoms. The van der Waals surface area contributed by atoms with Gasteiger partial charge in [0.1, 0.15) is 0 Å². The van der Waals surface area contributed by atoms with Crippen LogP contribution in [0.25, 0.3) is 0 Å². The monoisotopic (exact) mass is 311 g/mol. The Bertz CT molecular complexity index is 757. The predicted octanol–water partition coefficient (Wildman–Crippen LogP) is 1.47. The minimum atomic E-state index is -1.11. The summed E-state index contributed by atoms with van der Waals surface area (Å²) in [5.41, 5.74) is 2.87. The van der Waals surface area contributed by atoms with Crippen molar-refractivity contribution in [2.24, 2.45) is 5.10 Å². The van der Waals surface area contributed by atoms with Crippen molar-refractivity contribution in [1.82, 2.24) is 5.43 Å². The molecule has 2 rings (SSSR count). The number of hydrazone groups is 1. The summed E-state index contributed by atoms with van der Waals surface area (Å²) in [6, 6.07) is 14.6. The molecule has 0 aliphatic carbocycles. The van der Waals surface area contributed by atoms with Gasteiger partial charge in [-0.25, -0.2) is 10.2 Å². The van der Waals surface area contributed by atoms with Gasteiger partial charge in [-0.05, 0) is 18.2 Å². The van der Waals surface area contributed by atoms with Crippen LogP contribution in [0, 0.1) is 0 Å². The molecule has 2 aromatic carbocycles. The number of carbonyl (C=O) groups is 3. The number of carboxylic acids is 1. The Labute approximate surface area is 131 Å². The molecule has 0 saturated carbocycles. The van der Waals surface area contributed by atoms with Crippen molar-refractivity contribution < 1.29 is 19.5 Å². The highest BCUT2D eigenvalue weighted by Gasteiger charge is 2.12. The molecule has 0 aromatic heterocycles. The zero-order chi connectivity index (χ0) is 16.7. The number of carbonyl (C=O) groups excluding carboxylic acids is 2. The summed E-state index contributed by atoms with van der Waals surface area (Å²) in [7, 11) is 0. The molecule has 0 unspecified atom stereocenters. The van der Waals surface area contributed by atoms with Gasteiger partial charge in [-0.3, -0.25) is 9.59 Å². The maximum Gasteiger partial charge on any atom is 0.336 e. The molecule has 0 spiro atoms. The molecule has 0 atom stereocenters. The Hall–Kier alpha value is -3.48. The van der Waals surface area contributed by atoms with Crippen LogP contribution >= 0.6 is 0 Å². The number of amides is 2. The van der Waals surface area contributed by atoms with Crippen LogP contribution in [0.5, 0.6) is 0 Å². The van der Waals surface area contributed by atoms with Gasteiger partial charge in [0.05, 0.1) is 11.8 Å². The van der Waals surface area contributed by atoms with Crippen LogP contribution in [0.1, 0.15) is 15.9 Å². The standard InChI is InChI=1S/C16H13N3O4/c20-14(18-12-7-2-1-3-8-12)15(21)19-17-10-11-6-4-5-9-13(11)16(22)23/h1-10H,(H,18,20)(H,19,21)(H,22,23)/b17-10-. The highest BCUT2D eigenvalue weighted by molar-refractivity contribution is 6.39. The average Bonchev–Trinajstić information content (AvgIpc) is 2.56.